The van der Waals surface area contributed by atoms with Gasteiger partial charge in [-0.05, 0) is 60.8 Å². The first-order chi connectivity index (χ1) is 15.4. The first-order valence-electron chi connectivity index (χ1n) is 10.7. The van der Waals surface area contributed by atoms with Crippen molar-refractivity contribution in [2.24, 2.45) is 5.92 Å². The lowest BCUT2D eigenvalue weighted by Crippen LogP contribution is -2.31. The Morgan fingerprint density at radius 1 is 0.969 bits per heavy atom. The van der Waals surface area contributed by atoms with E-state index in [1.165, 1.54) is 29.8 Å². The first-order valence-corrected chi connectivity index (χ1v) is 10.7. The van der Waals surface area contributed by atoms with E-state index in [1.807, 2.05) is 6.07 Å². The predicted molar refractivity (Wildman–Crippen MR) is 116 cm³/mol. The van der Waals surface area contributed by atoms with Gasteiger partial charge in [-0.2, -0.15) is 0 Å². The summed E-state index contributed by atoms with van der Waals surface area (Å²) in [5.41, 5.74) is 3.12. The predicted octanol–water partition coefficient (Wildman–Crippen LogP) is 6.28. The number of hydrogen-bond donors (Lipinski definition) is 2. The molecular weight excluding hydrogens is 417 g/mol. The summed E-state index contributed by atoms with van der Waals surface area (Å²) in [6.07, 6.45) is 2.91. The number of H-pyrrole nitrogens is 1. The van der Waals surface area contributed by atoms with Gasteiger partial charge in [0.05, 0.1) is 5.56 Å². The van der Waals surface area contributed by atoms with E-state index >= 15 is 0 Å². The van der Waals surface area contributed by atoms with Crippen LogP contribution in [0.3, 0.4) is 0 Å². The van der Waals surface area contributed by atoms with Crippen molar-refractivity contribution in [1.82, 2.24) is 10.3 Å². The molecule has 1 heterocycles. The topological polar surface area (TPSA) is 54.1 Å². The lowest BCUT2D eigenvalue weighted by Gasteiger charge is -2.29. The van der Waals surface area contributed by atoms with Gasteiger partial charge in [0.2, 0.25) is 0 Å². The van der Waals surface area contributed by atoms with Crippen LogP contribution >= 0.6 is 0 Å². The number of ether oxygens (including phenoxy) is 1. The summed E-state index contributed by atoms with van der Waals surface area (Å²) < 4.78 is 41.0. The van der Waals surface area contributed by atoms with Crippen LogP contribution in [0.1, 0.15) is 47.5 Å². The van der Waals surface area contributed by atoms with Crippen LogP contribution in [0.5, 0.6) is 5.75 Å². The van der Waals surface area contributed by atoms with Gasteiger partial charge < -0.3 is 15.0 Å². The Balaban J connectivity index is 1.32. The van der Waals surface area contributed by atoms with Crippen LogP contribution in [0.25, 0.3) is 11.1 Å². The van der Waals surface area contributed by atoms with Crippen LogP contribution in [0, 0.1) is 5.92 Å². The molecule has 2 N–H and O–H groups in total. The zero-order chi connectivity index (χ0) is 22.6. The highest BCUT2D eigenvalue weighted by molar-refractivity contribution is 6.00. The highest BCUT2D eigenvalue weighted by Crippen LogP contribution is 2.35. The molecule has 1 amide bonds. The Labute approximate surface area is 184 Å². The van der Waals surface area contributed by atoms with E-state index in [-0.39, 0.29) is 11.7 Å². The molecule has 1 fully saturated rings. The summed E-state index contributed by atoms with van der Waals surface area (Å²) >= 11 is 0. The number of aromatic amines is 1. The van der Waals surface area contributed by atoms with Gasteiger partial charge in [-0.15, -0.1) is 13.2 Å². The standard InChI is InChI=1S/C25H25F3N2O2/c26-25(27,28)32-21-12-10-20(11-13-21)22-15-29-16-23(22)24(31)30-14-17-6-8-19(9-7-17)18-4-2-1-3-5-18/h1-5,10-13,15-17,19,29H,6-9,14H2,(H,30,31). The maximum Gasteiger partial charge on any atom is 0.573 e. The fraction of sp³-hybridized carbons (Fsp3) is 0.320. The minimum atomic E-state index is -4.74. The van der Waals surface area contributed by atoms with Gasteiger partial charge in [-0.25, -0.2) is 0 Å². The third-order valence-electron chi connectivity index (χ3n) is 6.06. The van der Waals surface area contributed by atoms with Crippen molar-refractivity contribution >= 4 is 5.91 Å². The van der Waals surface area contributed by atoms with Crippen molar-refractivity contribution in [2.75, 3.05) is 6.54 Å². The van der Waals surface area contributed by atoms with Gasteiger partial charge in [0, 0.05) is 24.5 Å². The summed E-state index contributed by atoms with van der Waals surface area (Å²) in [4.78, 5) is 15.7. The largest absolute Gasteiger partial charge is 0.573 e. The molecule has 32 heavy (non-hydrogen) atoms. The minimum absolute atomic E-state index is 0.193. The number of halogens is 3. The van der Waals surface area contributed by atoms with E-state index < -0.39 is 6.36 Å². The number of hydrogen-bond acceptors (Lipinski definition) is 2. The zero-order valence-electron chi connectivity index (χ0n) is 17.5. The molecule has 0 unspecified atom stereocenters. The van der Waals surface area contributed by atoms with Crippen LogP contribution in [0.15, 0.2) is 67.0 Å². The molecule has 0 atom stereocenters. The Bertz CT molecular complexity index is 1020. The number of aromatic nitrogens is 1. The summed E-state index contributed by atoms with van der Waals surface area (Å²) in [6.45, 7) is 0.614. The lowest BCUT2D eigenvalue weighted by atomic mass is 9.78. The number of amides is 1. The van der Waals surface area contributed by atoms with Crippen LogP contribution in [0.4, 0.5) is 13.2 Å². The Morgan fingerprint density at radius 3 is 2.31 bits per heavy atom. The zero-order valence-corrected chi connectivity index (χ0v) is 17.5. The van der Waals surface area contributed by atoms with E-state index in [2.05, 4.69) is 39.3 Å². The van der Waals surface area contributed by atoms with Gasteiger partial charge in [0.25, 0.3) is 5.91 Å². The molecule has 1 aliphatic carbocycles. The van der Waals surface area contributed by atoms with Crippen LogP contribution in [-0.4, -0.2) is 23.8 Å². The molecular formula is C25H25F3N2O2. The molecule has 4 nitrogen and oxygen atoms in total. The van der Waals surface area contributed by atoms with Crippen molar-refractivity contribution in [3.63, 3.8) is 0 Å². The fourth-order valence-corrected chi connectivity index (χ4v) is 4.38. The van der Waals surface area contributed by atoms with Gasteiger partial charge in [-0.3, -0.25) is 4.79 Å². The molecule has 7 heteroatoms. The van der Waals surface area contributed by atoms with Gasteiger partial charge in [-0.1, -0.05) is 42.5 Å². The average molecular weight is 442 g/mol. The minimum Gasteiger partial charge on any atom is -0.406 e. The molecule has 0 spiro atoms. The Morgan fingerprint density at radius 2 is 1.66 bits per heavy atom. The van der Waals surface area contributed by atoms with Crippen molar-refractivity contribution in [3.8, 4) is 16.9 Å². The summed E-state index contributed by atoms with van der Waals surface area (Å²) in [5.74, 6) is 0.541. The van der Waals surface area contributed by atoms with Gasteiger partial charge in [0.15, 0.2) is 0 Å². The second kappa shape index (κ2) is 9.51. The van der Waals surface area contributed by atoms with Crippen molar-refractivity contribution < 1.29 is 22.7 Å². The smallest absolute Gasteiger partial charge is 0.406 e. The Kier molecular flexibility index (Phi) is 6.53. The first kappa shape index (κ1) is 22.0. The molecule has 0 bridgehead atoms. The average Bonchev–Trinajstić information content (AvgIpc) is 3.28. The summed E-state index contributed by atoms with van der Waals surface area (Å²) in [7, 11) is 0. The fourth-order valence-electron chi connectivity index (χ4n) is 4.38. The molecule has 0 aliphatic heterocycles. The van der Waals surface area contributed by atoms with Crippen molar-refractivity contribution in [2.45, 2.75) is 38.0 Å². The lowest BCUT2D eigenvalue weighted by molar-refractivity contribution is -0.274. The van der Waals surface area contributed by atoms with Crippen molar-refractivity contribution in [3.05, 3.63) is 78.1 Å². The van der Waals surface area contributed by atoms with Crippen LogP contribution in [0.2, 0.25) is 0 Å². The number of carbonyl (C=O) groups is 1. The summed E-state index contributed by atoms with van der Waals surface area (Å²) in [5, 5.41) is 3.03. The quantitative estimate of drug-likeness (QED) is 0.472. The third-order valence-corrected chi connectivity index (χ3v) is 6.06. The number of carbonyl (C=O) groups excluding carboxylic acids is 1. The molecule has 0 radical (unpaired) electrons. The van der Waals surface area contributed by atoms with Crippen LogP contribution < -0.4 is 10.1 Å². The summed E-state index contributed by atoms with van der Waals surface area (Å²) in [6, 6.07) is 16.0. The normalized spacial score (nSPS) is 18.8. The molecule has 4 rings (SSSR count). The highest BCUT2D eigenvalue weighted by atomic mass is 19.4. The van der Waals surface area contributed by atoms with E-state index in [1.54, 1.807) is 12.4 Å². The van der Waals surface area contributed by atoms with Crippen molar-refractivity contribution in [1.29, 1.82) is 0 Å². The third kappa shape index (κ3) is 5.52. The second-order valence-corrected chi connectivity index (χ2v) is 8.19. The monoisotopic (exact) mass is 442 g/mol. The number of nitrogens with one attached hydrogen (secondary N) is 2. The maximum atomic E-state index is 12.8. The number of rotatable bonds is 6. The number of alkyl halides is 3. The molecule has 1 aliphatic rings. The number of benzene rings is 2. The van der Waals surface area contributed by atoms with E-state index in [9.17, 15) is 18.0 Å². The molecule has 0 saturated heterocycles. The highest BCUT2D eigenvalue weighted by Gasteiger charge is 2.31. The van der Waals surface area contributed by atoms with Crippen LogP contribution in [-0.2, 0) is 0 Å². The van der Waals surface area contributed by atoms with Gasteiger partial charge in [0.1, 0.15) is 5.75 Å². The van der Waals surface area contributed by atoms with Gasteiger partial charge >= 0.3 is 6.36 Å². The van der Waals surface area contributed by atoms with E-state index in [0.717, 1.165) is 25.7 Å². The molecule has 1 saturated carbocycles. The van der Waals surface area contributed by atoms with E-state index in [0.29, 0.717) is 35.1 Å². The van der Waals surface area contributed by atoms with E-state index in [4.69, 9.17) is 0 Å². The molecule has 168 valence electrons. The molecule has 2 aromatic carbocycles. The maximum absolute atomic E-state index is 12.8. The SMILES string of the molecule is O=C(NCC1CCC(c2ccccc2)CC1)c1c[nH]cc1-c1ccc(OC(F)(F)F)cc1. The second-order valence-electron chi connectivity index (χ2n) is 8.19. The Hall–Kier alpha value is -3.22. The molecule has 1 aromatic heterocycles. The molecule has 3 aromatic rings.